The van der Waals surface area contributed by atoms with Crippen LogP contribution < -0.4 is 4.90 Å². The maximum absolute atomic E-state index is 6.59. The Kier molecular flexibility index (Phi) is 5.63. The van der Waals surface area contributed by atoms with Gasteiger partial charge in [0.05, 0.1) is 16.5 Å². The topological polar surface area (TPSA) is 29.5 Å². The number of benzene rings is 7. The van der Waals surface area contributed by atoms with Gasteiger partial charge in [0.25, 0.3) is 0 Å². The van der Waals surface area contributed by atoms with Gasteiger partial charge in [-0.2, -0.15) is 0 Å². The molecule has 7 aromatic carbocycles. The van der Waals surface area contributed by atoms with E-state index in [2.05, 4.69) is 158 Å². The van der Waals surface area contributed by atoms with Gasteiger partial charge in [-0.05, 0) is 88.0 Å². The molecule has 9 aromatic rings. The number of fused-ring (bicyclic) bond motifs is 10. The molecule has 0 unspecified atom stereocenters. The zero-order valence-electron chi connectivity index (χ0n) is 26.7. The maximum Gasteiger partial charge on any atom is 0.147 e. The van der Waals surface area contributed by atoms with Crippen molar-refractivity contribution in [3.63, 3.8) is 0 Å². The summed E-state index contributed by atoms with van der Waals surface area (Å²) in [6.45, 7) is 4.67. The predicted molar refractivity (Wildman–Crippen MR) is 199 cm³/mol. The fraction of sp³-hybridized carbons (Fsp3) is 0.0667. The molecule has 3 heteroatoms. The number of nitrogens with zero attached hydrogens (tertiary/aromatic N) is 1. The molecule has 0 radical (unpaired) electrons. The Hall–Kier alpha value is -6.06. The van der Waals surface area contributed by atoms with Gasteiger partial charge in [0, 0.05) is 27.6 Å². The van der Waals surface area contributed by atoms with E-state index in [0.29, 0.717) is 0 Å². The number of para-hydroxylation sites is 1. The van der Waals surface area contributed by atoms with Gasteiger partial charge in [-0.15, -0.1) is 0 Å². The molecule has 2 aromatic heterocycles. The smallest absolute Gasteiger partial charge is 0.147 e. The van der Waals surface area contributed by atoms with Crippen molar-refractivity contribution < 1.29 is 8.83 Å². The number of hydrogen-bond acceptors (Lipinski definition) is 3. The van der Waals surface area contributed by atoms with Crippen LogP contribution in [0.15, 0.2) is 160 Å². The summed E-state index contributed by atoms with van der Waals surface area (Å²) in [5, 5.41) is 4.22. The standard InChI is InChI=1S/C45H31NO2/c1-45(2)36-15-8-6-13-32(36)33-24-23-31(27-37(33)45)46(30-21-19-29(20-22-30)28-11-4-3-5-12-28)38-16-10-18-40-42(38)43-41(47-40)26-25-35-34-14-7-9-17-39(34)48-44(35)43/h3-27H,1-2H3. The van der Waals surface area contributed by atoms with Crippen molar-refractivity contribution in [1.82, 2.24) is 0 Å². The summed E-state index contributed by atoms with van der Waals surface area (Å²) in [5.41, 5.74) is 14.1. The molecule has 0 aliphatic heterocycles. The molecule has 0 amide bonds. The SMILES string of the molecule is CC1(C)c2ccccc2-c2ccc(N(c3ccc(-c4ccccc4)cc3)c3cccc4oc5ccc6c7ccccc7oc6c5c34)cc21. The van der Waals surface area contributed by atoms with Crippen molar-refractivity contribution in [3.05, 3.63) is 163 Å². The van der Waals surface area contributed by atoms with Crippen LogP contribution in [0.5, 0.6) is 0 Å². The Bertz CT molecular complexity index is 2690. The molecular formula is C45H31NO2. The first-order chi connectivity index (χ1) is 23.6. The Morgan fingerprint density at radius 2 is 1.15 bits per heavy atom. The van der Waals surface area contributed by atoms with Gasteiger partial charge in [0.2, 0.25) is 0 Å². The molecule has 3 nitrogen and oxygen atoms in total. The van der Waals surface area contributed by atoms with Crippen LogP contribution in [0.4, 0.5) is 17.1 Å². The van der Waals surface area contributed by atoms with Gasteiger partial charge in [0.15, 0.2) is 0 Å². The van der Waals surface area contributed by atoms with Gasteiger partial charge in [0.1, 0.15) is 22.3 Å². The van der Waals surface area contributed by atoms with Crippen molar-refractivity contribution in [2.75, 3.05) is 4.90 Å². The summed E-state index contributed by atoms with van der Waals surface area (Å²) in [4.78, 5) is 2.38. The molecule has 0 saturated heterocycles. The largest absolute Gasteiger partial charge is 0.456 e. The molecule has 228 valence electrons. The summed E-state index contributed by atoms with van der Waals surface area (Å²) in [7, 11) is 0. The molecule has 10 rings (SSSR count). The Morgan fingerprint density at radius 3 is 2.02 bits per heavy atom. The normalized spacial score (nSPS) is 13.4. The fourth-order valence-corrected chi connectivity index (χ4v) is 7.95. The quantitative estimate of drug-likeness (QED) is 0.197. The van der Waals surface area contributed by atoms with E-state index in [-0.39, 0.29) is 5.41 Å². The van der Waals surface area contributed by atoms with Crippen LogP contribution in [0.2, 0.25) is 0 Å². The monoisotopic (exact) mass is 617 g/mol. The fourth-order valence-electron chi connectivity index (χ4n) is 7.95. The highest BCUT2D eigenvalue weighted by Crippen LogP contribution is 2.52. The van der Waals surface area contributed by atoms with Crippen LogP contribution in [0.25, 0.3) is 66.1 Å². The first-order valence-corrected chi connectivity index (χ1v) is 16.5. The minimum atomic E-state index is -0.125. The molecular weight excluding hydrogens is 587 g/mol. The molecule has 0 bridgehead atoms. The Balaban J connectivity index is 1.25. The summed E-state index contributed by atoms with van der Waals surface area (Å²) < 4.78 is 13.1. The average Bonchev–Trinajstić information content (AvgIpc) is 3.77. The van der Waals surface area contributed by atoms with E-state index in [1.165, 1.54) is 33.4 Å². The summed E-state index contributed by atoms with van der Waals surface area (Å²) >= 11 is 0. The summed E-state index contributed by atoms with van der Waals surface area (Å²) in [6, 6.07) is 54.0. The average molecular weight is 618 g/mol. The molecule has 48 heavy (non-hydrogen) atoms. The van der Waals surface area contributed by atoms with Gasteiger partial charge < -0.3 is 13.7 Å². The highest BCUT2D eigenvalue weighted by Gasteiger charge is 2.36. The second-order valence-corrected chi connectivity index (χ2v) is 13.3. The van der Waals surface area contributed by atoms with E-state index in [1.807, 2.05) is 12.1 Å². The molecule has 0 atom stereocenters. The van der Waals surface area contributed by atoms with Crippen LogP contribution in [-0.2, 0) is 5.41 Å². The molecule has 0 fully saturated rings. The minimum absolute atomic E-state index is 0.125. The van der Waals surface area contributed by atoms with Gasteiger partial charge in [-0.1, -0.05) is 111 Å². The van der Waals surface area contributed by atoms with Crippen LogP contribution in [0, 0.1) is 0 Å². The second kappa shape index (κ2) is 9.97. The lowest BCUT2D eigenvalue weighted by molar-refractivity contribution is 0.660. The minimum Gasteiger partial charge on any atom is -0.456 e. The molecule has 1 aliphatic carbocycles. The van der Waals surface area contributed by atoms with Gasteiger partial charge in [-0.25, -0.2) is 0 Å². The van der Waals surface area contributed by atoms with Gasteiger partial charge in [-0.3, -0.25) is 0 Å². The first kappa shape index (κ1) is 27.1. The zero-order chi connectivity index (χ0) is 32.0. The number of rotatable bonds is 4. The van der Waals surface area contributed by atoms with Crippen molar-refractivity contribution in [1.29, 1.82) is 0 Å². The lowest BCUT2D eigenvalue weighted by Gasteiger charge is -2.28. The lowest BCUT2D eigenvalue weighted by Crippen LogP contribution is -2.16. The maximum atomic E-state index is 6.59. The highest BCUT2D eigenvalue weighted by molar-refractivity contribution is 6.25. The van der Waals surface area contributed by atoms with E-state index in [0.717, 1.165) is 60.9 Å². The molecule has 1 aliphatic rings. The number of hydrogen-bond donors (Lipinski definition) is 0. The predicted octanol–water partition coefficient (Wildman–Crippen LogP) is 12.9. The highest BCUT2D eigenvalue weighted by atomic mass is 16.3. The lowest BCUT2D eigenvalue weighted by atomic mass is 9.82. The zero-order valence-corrected chi connectivity index (χ0v) is 26.7. The summed E-state index contributed by atoms with van der Waals surface area (Å²) in [6.07, 6.45) is 0. The van der Waals surface area contributed by atoms with Crippen LogP contribution in [0.1, 0.15) is 25.0 Å². The Labute approximate surface area is 278 Å². The third-order valence-electron chi connectivity index (χ3n) is 10.3. The van der Waals surface area contributed by atoms with E-state index < -0.39 is 0 Å². The molecule has 0 saturated carbocycles. The number of furan rings is 2. The molecule has 0 N–H and O–H groups in total. The van der Waals surface area contributed by atoms with E-state index in [4.69, 9.17) is 8.83 Å². The Morgan fingerprint density at radius 1 is 0.458 bits per heavy atom. The molecule has 0 spiro atoms. The van der Waals surface area contributed by atoms with Crippen LogP contribution in [0.3, 0.4) is 0 Å². The van der Waals surface area contributed by atoms with Crippen LogP contribution >= 0.6 is 0 Å². The van der Waals surface area contributed by atoms with E-state index in [9.17, 15) is 0 Å². The third-order valence-corrected chi connectivity index (χ3v) is 10.3. The van der Waals surface area contributed by atoms with Crippen molar-refractivity contribution >= 4 is 60.9 Å². The summed E-state index contributed by atoms with van der Waals surface area (Å²) in [5.74, 6) is 0. The molecule has 2 heterocycles. The van der Waals surface area contributed by atoms with Crippen molar-refractivity contribution in [2.24, 2.45) is 0 Å². The first-order valence-electron chi connectivity index (χ1n) is 16.5. The van der Waals surface area contributed by atoms with E-state index in [1.54, 1.807) is 0 Å². The van der Waals surface area contributed by atoms with Gasteiger partial charge >= 0.3 is 0 Å². The number of anilines is 3. The van der Waals surface area contributed by atoms with Crippen molar-refractivity contribution in [3.8, 4) is 22.3 Å². The third kappa shape index (κ3) is 3.82. The van der Waals surface area contributed by atoms with E-state index >= 15 is 0 Å². The van der Waals surface area contributed by atoms with Crippen LogP contribution in [-0.4, -0.2) is 0 Å². The second-order valence-electron chi connectivity index (χ2n) is 13.3. The van der Waals surface area contributed by atoms with Crippen molar-refractivity contribution in [2.45, 2.75) is 19.3 Å².